The molecule has 0 unspecified atom stereocenters. The number of nitrogens with one attached hydrogen (secondary N) is 1. The monoisotopic (exact) mass is 354 g/mol. The Labute approximate surface area is 141 Å². The van der Waals surface area contributed by atoms with Crippen molar-refractivity contribution in [3.05, 3.63) is 57.0 Å². The average Bonchev–Trinajstić information content (AvgIpc) is 3.07. The lowest BCUT2D eigenvalue weighted by Gasteiger charge is -2.10. The molecule has 1 N–H and O–H groups in total. The van der Waals surface area contributed by atoms with Crippen LogP contribution >= 0.6 is 34.8 Å². The van der Waals surface area contributed by atoms with Gasteiger partial charge in [0.2, 0.25) is 5.82 Å². The fourth-order valence-electron chi connectivity index (χ4n) is 1.87. The molecule has 5 nitrogen and oxygen atoms in total. The molecule has 112 valence electrons. The first-order chi connectivity index (χ1) is 10.6. The Bertz CT molecular complexity index is 793. The zero-order valence-electron chi connectivity index (χ0n) is 11.1. The Morgan fingerprint density at radius 1 is 1.05 bits per heavy atom. The molecule has 3 rings (SSSR count). The van der Waals surface area contributed by atoms with Crippen LogP contribution in [0.5, 0.6) is 5.75 Å². The van der Waals surface area contributed by atoms with E-state index in [4.69, 9.17) is 39.5 Å². The molecule has 0 aliphatic rings. The number of halogens is 3. The molecule has 1 aromatic heterocycles. The highest BCUT2D eigenvalue weighted by Gasteiger charge is 2.10. The van der Waals surface area contributed by atoms with E-state index >= 15 is 0 Å². The number of rotatable bonds is 4. The topological polar surface area (TPSA) is 63.7 Å². The quantitative estimate of drug-likeness (QED) is 0.704. The maximum Gasteiger partial charge on any atom is 0.204 e. The predicted molar refractivity (Wildman–Crippen MR) is 85.4 cm³/mol. The van der Waals surface area contributed by atoms with E-state index in [0.29, 0.717) is 28.2 Å². The number of aromatic nitrogens is 4. The number of hydrogen-bond acceptors (Lipinski definition) is 4. The summed E-state index contributed by atoms with van der Waals surface area (Å²) in [5.74, 6) is 0.996. The van der Waals surface area contributed by atoms with E-state index in [0.717, 1.165) is 11.1 Å². The van der Waals surface area contributed by atoms with Crippen LogP contribution < -0.4 is 4.74 Å². The zero-order valence-corrected chi connectivity index (χ0v) is 13.3. The van der Waals surface area contributed by atoms with Crippen LogP contribution in [-0.2, 0) is 6.61 Å². The third-order valence-electron chi connectivity index (χ3n) is 2.92. The number of benzene rings is 2. The van der Waals surface area contributed by atoms with Crippen LogP contribution in [0.25, 0.3) is 11.4 Å². The van der Waals surface area contributed by atoms with Gasteiger partial charge in [0.05, 0.1) is 10.0 Å². The summed E-state index contributed by atoms with van der Waals surface area (Å²) in [4.78, 5) is 0. The fourth-order valence-corrected chi connectivity index (χ4v) is 2.45. The van der Waals surface area contributed by atoms with Gasteiger partial charge in [0.1, 0.15) is 17.4 Å². The molecule has 3 aromatic rings. The van der Waals surface area contributed by atoms with Crippen molar-refractivity contribution in [2.75, 3.05) is 0 Å². The fraction of sp³-hybridized carbons (Fsp3) is 0.0714. The van der Waals surface area contributed by atoms with E-state index < -0.39 is 0 Å². The minimum atomic E-state index is 0.279. The summed E-state index contributed by atoms with van der Waals surface area (Å²) in [6, 6.07) is 10.9. The molecule has 0 radical (unpaired) electrons. The molecule has 0 saturated heterocycles. The molecular weight excluding hydrogens is 347 g/mol. The smallest absolute Gasteiger partial charge is 0.204 e. The SMILES string of the molecule is Clc1ccc(OCc2cccc(-c3nn[nH]n3)c2)c(Cl)c1Cl. The van der Waals surface area contributed by atoms with Crippen molar-refractivity contribution in [3.63, 3.8) is 0 Å². The first-order valence-electron chi connectivity index (χ1n) is 6.24. The van der Waals surface area contributed by atoms with Crippen LogP contribution in [0.3, 0.4) is 0 Å². The van der Waals surface area contributed by atoms with Crippen LogP contribution in [0.4, 0.5) is 0 Å². The van der Waals surface area contributed by atoms with Gasteiger partial charge in [-0.1, -0.05) is 53.0 Å². The van der Waals surface area contributed by atoms with Crippen molar-refractivity contribution in [2.45, 2.75) is 6.61 Å². The maximum atomic E-state index is 6.10. The molecule has 0 atom stereocenters. The molecule has 0 fully saturated rings. The second-order valence-corrected chi connectivity index (χ2v) is 5.56. The van der Waals surface area contributed by atoms with Crippen molar-refractivity contribution in [3.8, 4) is 17.1 Å². The number of aromatic amines is 1. The first-order valence-corrected chi connectivity index (χ1v) is 7.37. The lowest BCUT2D eigenvalue weighted by Crippen LogP contribution is -1.97. The molecule has 0 aliphatic carbocycles. The third kappa shape index (κ3) is 3.16. The highest BCUT2D eigenvalue weighted by molar-refractivity contribution is 6.48. The van der Waals surface area contributed by atoms with E-state index in [9.17, 15) is 0 Å². The van der Waals surface area contributed by atoms with Gasteiger partial charge >= 0.3 is 0 Å². The molecular formula is C14H9Cl3N4O. The Kier molecular flexibility index (Phi) is 4.47. The standard InChI is InChI=1S/C14H9Cl3N4O/c15-10-4-5-11(13(17)12(10)16)22-7-8-2-1-3-9(6-8)14-18-20-21-19-14/h1-6H,7H2,(H,18,19,20,21). The van der Waals surface area contributed by atoms with Crippen LogP contribution in [-0.4, -0.2) is 20.6 Å². The molecule has 8 heteroatoms. The maximum absolute atomic E-state index is 6.10. The largest absolute Gasteiger partial charge is 0.487 e. The molecule has 1 heterocycles. The lowest BCUT2D eigenvalue weighted by molar-refractivity contribution is 0.306. The van der Waals surface area contributed by atoms with Crippen molar-refractivity contribution in [1.82, 2.24) is 20.6 Å². The molecule has 0 spiro atoms. The van der Waals surface area contributed by atoms with Gasteiger partial charge in [0.15, 0.2) is 0 Å². The van der Waals surface area contributed by atoms with E-state index in [1.165, 1.54) is 0 Å². The Hall–Kier alpha value is -1.82. The Morgan fingerprint density at radius 2 is 1.91 bits per heavy atom. The van der Waals surface area contributed by atoms with Crippen LogP contribution in [0, 0.1) is 0 Å². The number of nitrogens with zero attached hydrogens (tertiary/aromatic N) is 3. The van der Waals surface area contributed by atoms with E-state index in [2.05, 4.69) is 20.6 Å². The average molecular weight is 356 g/mol. The van der Waals surface area contributed by atoms with E-state index in [1.807, 2.05) is 24.3 Å². The normalized spacial score (nSPS) is 10.7. The highest BCUT2D eigenvalue weighted by Crippen LogP contribution is 2.37. The highest BCUT2D eigenvalue weighted by atomic mass is 35.5. The zero-order chi connectivity index (χ0) is 15.5. The number of ether oxygens (including phenoxy) is 1. The molecule has 0 bridgehead atoms. The number of H-pyrrole nitrogens is 1. The minimum absolute atomic E-state index is 0.279. The molecule has 0 saturated carbocycles. The Balaban J connectivity index is 1.77. The third-order valence-corrected chi connectivity index (χ3v) is 4.20. The van der Waals surface area contributed by atoms with Crippen molar-refractivity contribution in [1.29, 1.82) is 0 Å². The summed E-state index contributed by atoms with van der Waals surface area (Å²) in [7, 11) is 0. The predicted octanol–water partition coefficient (Wildman–Crippen LogP) is 4.41. The summed E-state index contributed by atoms with van der Waals surface area (Å²) in [5.41, 5.74) is 1.78. The van der Waals surface area contributed by atoms with Gasteiger partial charge < -0.3 is 4.74 Å². The summed E-state index contributed by atoms with van der Waals surface area (Å²) in [5, 5.41) is 14.8. The second kappa shape index (κ2) is 6.52. The number of tetrazole rings is 1. The van der Waals surface area contributed by atoms with E-state index in [-0.39, 0.29) is 5.02 Å². The van der Waals surface area contributed by atoms with Gasteiger partial charge in [-0.25, -0.2) is 0 Å². The summed E-state index contributed by atoms with van der Waals surface area (Å²) in [6.07, 6.45) is 0. The number of hydrogen-bond donors (Lipinski definition) is 1. The summed E-state index contributed by atoms with van der Waals surface area (Å²) < 4.78 is 5.69. The van der Waals surface area contributed by atoms with Gasteiger partial charge in [-0.2, -0.15) is 5.21 Å². The van der Waals surface area contributed by atoms with Crippen LogP contribution in [0.1, 0.15) is 5.56 Å². The van der Waals surface area contributed by atoms with E-state index in [1.54, 1.807) is 12.1 Å². The first kappa shape index (κ1) is 15.1. The summed E-state index contributed by atoms with van der Waals surface area (Å²) >= 11 is 18.0. The van der Waals surface area contributed by atoms with Crippen molar-refractivity contribution >= 4 is 34.8 Å². The molecule has 2 aromatic carbocycles. The minimum Gasteiger partial charge on any atom is -0.487 e. The van der Waals surface area contributed by atoms with Crippen LogP contribution in [0.15, 0.2) is 36.4 Å². The summed E-state index contributed by atoms with van der Waals surface area (Å²) in [6.45, 7) is 0.323. The van der Waals surface area contributed by atoms with Gasteiger partial charge in [-0.3, -0.25) is 0 Å². The van der Waals surface area contributed by atoms with Crippen molar-refractivity contribution in [2.24, 2.45) is 0 Å². The van der Waals surface area contributed by atoms with Crippen LogP contribution in [0.2, 0.25) is 15.1 Å². The Morgan fingerprint density at radius 3 is 2.68 bits per heavy atom. The van der Waals surface area contributed by atoms with Gasteiger partial charge in [0.25, 0.3) is 0 Å². The molecule has 0 aliphatic heterocycles. The molecule has 0 amide bonds. The molecule has 22 heavy (non-hydrogen) atoms. The van der Waals surface area contributed by atoms with Gasteiger partial charge in [-0.15, -0.1) is 10.2 Å². The van der Waals surface area contributed by atoms with Crippen molar-refractivity contribution < 1.29 is 4.74 Å². The lowest BCUT2D eigenvalue weighted by atomic mass is 10.1. The van der Waals surface area contributed by atoms with Gasteiger partial charge in [-0.05, 0) is 29.0 Å². The van der Waals surface area contributed by atoms with Gasteiger partial charge in [0, 0.05) is 5.56 Å². The second-order valence-electron chi connectivity index (χ2n) is 4.40.